The first kappa shape index (κ1) is 17.4. The molecule has 0 amide bonds. The number of fused-ring (bicyclic) bond motifs is 3. The molecule has 2 aromatic carbocycles. The molecular formula is C23H21ClN2O2. The molecule has 142 valence electrons. The minimum Gasteiger partial charge on any atom is -0.464 e. The van der Waals surface area contributed by atoms with Gasteiger partial charge in [0.1, 0.15) is 17.2 Å². The number of benzene rings is 2. The van der Waals surface area contributed by atoms with E-state index in [9.17, 15) is 0 Å². The van der Waals surface area contributed by atoms with Crippen LogP contribution in [0.2, 0.25) is 5.02 Å². The molecule has 5 rings (SSSR count). The van der Waals surface area contributed by atoms with Gasteiger partial charge in [-0.1, -0.05) is 49.7 Å². The zero-order valence-corrected chi connectivity index (χ0v) is 16.6. The molecule has 2 aliphatic rings. The highest BCUT2D eigenvalue weighted by atomic mass is 35.5. The number of ether oxygens (including phenoxy) is 1. The van der Waals surface area contributed by atoms with Crippen LogP contribution in [-0.2, 0) is 0 Å². The van der Waals surface area contributed by atoms with Crippen LogP contribution in [0.25, 0.3) is 0 Å². The molecule has 5 heteroatoms. The number of rotatable bonds is 3. The Kier molecular flexibility index (Phi) is 4.17. The summed E-state index contributed by atoms with van der Waals surface area (Å²) >= 11 is 6.27. The fourth-order valence-corrected chi connectivity index (χ4v) is 4.10. The fourth-order valence-electron chi connectivity index (χ4n) is 3.92. The quantitative estimate of drug-likeness (QED) is 0.525. The fraction of sp³-hybridized carbons (Fsp3) is 0.261. The SMILES string of the molecule is CC(C)c1ccc([C@@H]2Oc3ccc(Cl)cc3[C@H]3CC(c4ccco4)=NN32)cc1. The average molecular weight is 393 g/mol. The van der Waals surface area contributed by atoms with Crippen molar-refractivity contribution in [3.8, 4) is 5.75 Å². The summed E-state index contributed by atoms with van der Waals surface area (Å²) in [6.07, 6.45) is 2.15. The molecule has 0 unspecified atom stereocenters. The predicted molar refractivity (Wildman–Crippen MR) is 110 cm³/mol. The Hall–Kier alpha value is -2.72. The van der Waals surface area contributed by atoms with E-state index in [1.807, 2.05) is 35.3 Å². The second-order valence-corrected chi connectivity index (χ2v) is 8.03. The molecular weight excluding hydrogens is 372 g/mol. The zero-order valence-electron chi connectivity index (χ0n) is 15.8. The van der Waals surface area contributed by atoms with E-state index in [-0.39, 0.29) is 12.3 Å². The van der Waals surface area contributed by atoms with Gasteiger partial charge in [0.25, 0.3) is 0 Å². The van der Waals surface area contributed by atoms with Crippen molar-refractivity contribution in [2.75, 3.05) is 0 Å². The molecule has 4 nitrogen and oxygen atoms in total. The van der Waals surface area contributed by atoms with Crippen LogP contribution < -0.4 is 4.74 Å². The van der Waals surface area contributed by atoms with E-state index in [0.717, 1.165) is 34.8 Å². The summed E-state index contributed by atoms with van der Waals surface area (Å²) in [6.45, 7) is 4.39. The lowest BCUT2D eigenvalue weighted by Crippen LogP contribution is -2.33. The van der Waals surface area contributed by atoms with Crippen LogP contribution in [0.3, 0.4) is 0 Å². The molecule has 0 bridgehead atoms. The van der Waals surface area contributed by atoms with Crippen LogP contribution in [0.1, 0.15) is 60.9 Å². The Balaban J connectivity index is 1.57. The van der Waals surface area contributed by atoms with Gasteiger partial charge in [-0.25, -0.2) is 5.01 Å². The van der Waals surface area contributed by atoms with E-state index in [4.69, 9.17) is 25.9 Å². The van der Waals surface area contributed by atoms with Crippen molar-refractivity contribution in [2.24, 2.45) is 5.10 Å². The van der Waals surface area contributed by atoms with Gasteiger partial charge >= 0.3 is 0 Å². The first-order valence-electron chi connectivity index (χ1n) is 9.56. The highest BCUT2D eigenvalue weighted by Gasteiger charge is 2.41. The molecule has 0 spiro atoms. The van der Waals surface area contributed by atoms with E-state index in [2.05, 4.69) is 38.1 Å². The molecule has 0 N–H and O–H groups in total. The van der Waals surface area contributed by atoms with E-state index < -0.39 is 0 Å². The maximum atomic E-state index is 6.38. The normalized spacial score (nSPS) is 20.6. The Labute approximate surface area is 169 Å². The smallest absolute Gasteiger partial charge is 0.213 e. The Morgan fingerprint density at radius 1 is 1.11 bits per heavy atom. The van der Waals surface area contributed by atoms with E-state index in [0.29, 0.717) is 10.9 Å². The molecule has 0 fully saturated rings. The molecule has 0 aliphatic carbocycles. The zero-order chi connectivity index (χ0) is 19.3. The van der Waals surface area contributed by atoms with Gasteiger partial charge in [-0.15, -0.1) is 0 Å². The first-order valence-corrected chi connectivity index (χ1v) is 9.93. The van der Waals surface area contributed by atoms with Crippen LogP contribution in [-0.4, -0.2) is 10.7 Å². The Bertz CT molecular complexity index is 1030. The standard InChI is InChI=1S/C23H21ClN2O2/c1-14(2)15-5-7-16(8-6-15)23-26-20(13-19(25-26)22-4-3-11-27-22)18-12-17(24)9-10-21(18)28-23/h3-12,14,20,23H,13H2,1-2H3/t20-,23+/m1/s1. The average Bonchev–Trinajstić information content (AvgIpc) is 3.37. The third-order valence-electron chi connectivity index (χ3n) is 5.45. The lowest BCUT2D eigenvalue weighted by atomic mass is 9.96. The van der Waals surface area contributed by atoms with E-state index >= 15 is 0 Å². The molecule has 28 heavy (non-hydrogen) atoms. The molecule has 3 aromatic rings. The van der Waals surface area contributed by atoms with Gasteiger partial charge in [0, 0.05) is 22.6 Å². The Morgan fingerprint density at radius 2 is 1.93 bits per heavy atom. The van der Waals surface area contributed by atoms with Crippen LogP contribution in [0, 0.1) is 0 Å². The third kappa shape index (κ3) is 2.89. The van der Waals surface area contributed by atoms with Crippen LogP contribution in [0.5, 0.6) is 5.75 Å². The number of hydrogen-bond donors (Lipinski definition) is 0. The molecule has 1 aromatic heterocycles. The first-order chi connectivity index (χ1) is 13.6. The maximum Gasteiger partial charge on any atom is 0.213 e. The lowest BCUT2D eigenvalue weighted by Gasteiger charge is -2.38. The van der Waals surface area contributed by atoms with Gasteiger partial charge in [0.2, 0.25) is 6.23 Å². The number of hydrazone groups is 1. The number of nitrogens with zero attached hydrogens (tertiary/aromatic N) is 2. The van der Waals surface area contributed by atoms with Crippen molar-refractivity contribution in [3.05, 3.63) is 88.3 Å². The molecule has 0 saturated heterocycles. The summed E-state index contributed by atoms with van der Waals surface area (Å²) in [5, 5.41) is 7.63. The summed E-state index contributed by atoms with van der Waals surface area (Å²) in [5.74, 6) is 2.15. The van der Waals surface area contributed by atoms with Crippen molar-refractivity contribution >= 4 is 17.3 Å². The second-order valence-electron chi connectivity index (χ2n) is 7.60. The highest BCUT2D eigenvalue weighted by molar-refractivity contribution is 6.30. The lowest BCUT2D eigenvalue weighted by molar-refractivity contribution is -0.0190. The summed E-state index contributed by atoms with van der Waals surface area (Å²) in [4.78, 5) is 0. The topological polar surface area (TPSA) is 38.0 Å². The minimum absolute atomic E-state index is 0.0670. The van der Waals surface area contributed by atoms with Crippen molar-refractivity contribution in [3.63, 3.8) is 0 Å². The van der Waals surface area contributed by atoms with Gasteiger partial charge in [-0.3, -0.25) is 0 Å². The summed E-state index contributed by atoms with van der Waals surface area (Å²) in [6, 6.07) is 18.3. The second kappa shape index (κ2) is 6.71. The molecule has 0 saturated carbocycles. The minimum atomic E-state index is -0.285. The summed E-state index contributed by atoms with van der Waals surface area (Å²) in [7, 11) is 0. The van der Waals surface area contributed by atoms with Gasteiger partial charge in [0.05, 0.1) is 12.3 Å². The number of halogens is 1. The van der Waals surface area contributed by atoms with E-state index in [1.165, 1.54) is 5.56 Å². The van der Waals surface area contributed by atoms with Crippen LogP contribution in [0.15, 0.2) is 70.4 Å². The van der Waals surface area contributed by atoms with Gasteiger partial charge in [-0.2, -0.15) is 5.10 Å². The Morgan fingerprint density at radius 3 is 2.64 bits per heavy atom. The van der Waals surface area contributed by atoms with Crippen molar-refractivity contribution in [2.45, 2.75) is 38.5 Å². The molecule has 0 radical (unpaired) electrons. The monoisotopic (exact) mass is 392 g/mol. The van der Waals surface area contributed by atoms with Crippen LogP contribution >= 0.6 is 11.6 Å². The van der Waals surface area contributed by atoms with Crippen molar-refractivity contribution in [1.82, 2.24) is 5.01 Å². The molecule has 2 aliphatic heterocycles. The maximum absolute atomic E-state index is 6.38. The van der Waals surface area contributed by atoms with Gasteiger partial charge in [0.15, 0.2) is 0 Å². The largest absolute Gasteiger partial charge is 0.464 e. The third-order valence-corrected chi connectivity index (χ3v) is 5.68. The van der Waals surface area contributed by atoms with Crippen molar-refractivity contribution in [1.29, 1.82) is 0 Å². The van der Waals surface area contributed by atoms with E-state index in [1.54, 1.807) is 6.26 Å². The van der Waals surface area contributed by atoms with Crippen molar-refractivity contribution < 1.29 is 9.15 Å². The molecule has 3 heterocycles. The molecule has 2 atom stereocenters. The predicted octanol–water partition coefficient (Wildman–Crippen LogP) is 6.30. The highest BCUT2D eigenvalue weighted by Crippen LogP contribution is 2.48. The summed E-state index contributed by atoms with van der Waals surface area (Å²) < 4.78 is 12.0. The van der Waals surface area contributed by atoms with Gasteiger partial charge in [-0.05, 0) is 41.8 Å². The van der Waals surface area contributed by atoms with Crippen LogP contribution in [0.4, 0.5) is 0 Å². The number of furan rings is 1. The summed E-state index contributed by atoms with van der Waals surface area (Å²) in [5.41, 5.74) is 4.38. The number of hydrogen-bond acceptors (Lipinski definition) is 4. The van der Waals surface area contributed by atoms with Gasteiger partial charge < -0.3 is 9.15 Å².